The van der Waals surface area contributed by atoms with Gasteiger partial charge in [-0.25, -0.2) is 0 Å². The van der Waals surface area contributed by atoms with Crippen molar-refractivity contribution in [2.45, 2.75) is 53.0 Å². The molecule has 1 aliphatic heterocycles. The molecule has 1 aliphatic rings. The monoisotopic (exact) mass is 245 g/mol. The van der Waals surface area contributed by atoms with Crippen LogP contribution in [0.2, 0.25) is 0 Å². The van der Waals surface area contributed by atoms with Gasteiger partial charge in [0.15, 0.2) is 0 Å². The Morgan fingerprint density at radius 1 is 1.33 bits per heavy atom. The summed E-state index contributed by atoms with van der Waals surface area (Å²) in [5.41, 5.74) is 3.46. The van der Waals surface area contributed by atoms with Crippen molar-refractivity contribution in [1.82, 2.24) is 5.32 Å². The van der Waals surface area contributed by atoms with Gasteiger partial charge in [-0.3, -0.25) is 4.79 Å². The molecule has 18 heavy (non-hydrogen) atoms. The maximum absolute atomic E-state index is 12.2. The maximum Gasteiger partial charge on any atom is 0.251 e. The molecule has 1 heterocycles. The largest absolute Gasteiger partial charge is 0.349 e. The fourth-order valence-electron chi connectivity index (χ4n) is 2.68. The number of rotatable bonds is 1. The molecule has 2 heteroatoms. The van der Waals surface area contributed by atoms with Crippen molar-refractivity contribution >= 4 is 5.91 Å². The Hall–Kier alpha value is -1.31. The molecule has 1 N–H and O–H groups in total. The van der Waals surface area contributed by atoms with Gasteiger partial charge in [0.1, 0.15) is 0 Å². The minimum atomic E-state index is 0.0976. The van der Waals surface area contributed by atoms with E-state index >= 15 is 0 Å². The molecule has 0 saturated heterocycles. The van der Waals surface area contributed by atoms with Gasteiger partial charge < -0.3 is 5.32 Å². The Morgan fingerprint density at radius 3 is 2.72 bits per heavy atom. The molecule has 0 fully saturated rings. The molecule has 0 aromatic heterocycles. The number of nitrogens with one attached hydrogen (secondary N) is 1. The van der Waals surface area contributed by atoms with Crippen molar-refractivity contribution in [3.05, 3.63) is 34.9 Å². The smallest absolute Gasteiger partial charge is 0.251 e. The van der Waals surface area contributed by atoms with Crippen molar-refractivity contribution in [3.63, 3.8) is 0 Å². The van der Waals surface area contributed by atoms with E-state index in [-0.39, 0.29) is 11.3 Å². The van der Waals surface area contributed by atoms with Gasteiger partial charge in [0, 0.05) is 11.6 Å². The van der Waals surface area contributed by atoms with Gasteiger partial charge in [0.05, 0.1) is 0 Å². The SMILES string of the molecule is Cc1ccc2c(c1)C(=O)NC(CC(C)(C)C)CC2. The number of carbonyl (C=O) groups is 1. The summed E-state index contributed by atoms with van der Waals surface area (Å²) < 4.78 is 0. The zero-order chi connectivity index (χ0) is 13.3. The number of amides is 1. The first-order valence-electron chi connectivity index (χ1n) is 6.75. The van der Waals surface area contributed by atoms with Crippen LogP contribution in [0.15, 0.2) is 18.2 Å². The Bertz CT molecular complexity index is 457. The van der Waals surface area contributed by atoms with Crippen LogP contribution in [0.1, 0.15) is 55.1 Å². The Kier molecular flexibility index (Phi) is 3.47. The fourth-order valence-corrected chi connectivity index (χ4v) is 2.68. The van der Waals surface area contributed by atoms with Gasteiger partial charge in [0.2, 0.25) is 0 Å². The number of hydrogen-bond donors (Lipinski definition) is 1. The Morgan fingerprint density at radius 2 is 2.06 bits per heavy atom. The minimum absolute atomic E-state index is 0.0976. The van der Waals surface area contributed by atoms with Crippen molar-refractivity contribution in [1.29, 1.82) is 0 Å². The summed E-state index contributed by atoms with van der Waals surface area (Å²) in [5, 5.41) is 3.18. The van der Waals surface area contributed by atoms with Crippen LogP contribution >= 0.6 is 0 Å². The summed E-state index contributed by atoms with van der Waals surface area (Å²) in [6.45, 7) is 8.70. The fraction of sp³-hybridized carbons (Fsp3) is 0.562. The highest BCUT2D eigenvalue weighted by Crippen LogP contribution is 2.26. The molecule has 2 nitrogen and oxygen atoms in total. The molecule has 0 saturated carbocycles. The molecule has 1 aromatic rings. The van der Waals surface area contributed by atoms with Gasteiger partial charge in [-0.2, -0.15) is 0 Å². The summed E-state index contributed by atoms with van der Waals surface area (Å²) in [4.78, 5) is 12.2. The van der Waals surface area contributed by atoms with Crippen LogP contribution in [0, 0.1) is 12.3 Å². The molecule has 0 spiro atoms. The van der Waals surface area contributed by atoms with E-state index in [4.69, 9.17) is 0 Å². The number of aryl methyl sites for hydroxylation is 2. The first-order valence-corrected chi connectivity index (χ1v) is 6.75. The molecule has 2 rings (SSSR count). The second-order valence-corrected chi connectivity index (χ2v) is 6.63. The summed E-state index contributed by atoms with van der Waals surface area (Å²) in [5.74, 6) is 0.0976. The summed E-state index contributed by atoms with van der Waals surface area (Å²) in [6, 6.07) is 6.49. The van der Waals surface area contributed by atoms with Gasteiger partial charge in [-0.1, -0.05) is 38.5 Å². The summed E-state index contributed by atoms with van der Waals surface area (Å²) in [6.07, 6.45) is 3.07. The van der Waals surface area contributed by atoms with Crippen LogP contribution in [0.25, 0.3) is 0 Å². The lowest BCUT2D eigenvalue weighted by atomic mass is 9.86. The van der Waals surface area contributed by atoms with E-state index in [1.54, 1.807) is 0 Å². The predicted molar refractivity (Wildman–Crippen MR) is 74.8 cm³/mol. The van der Waals surface area contributed by atoms with Crippen LogP contribution in [0.5, 0.6) is 0 Å². The van der Waals surface area contributed by atoms with Crippen molar-refractivity contribution in [3.8, 4) is 0 Å². The molecular weight excluding hydrogens is 222 g/mol. The van der Waals surface area contributed by atoms with E-state index in [0.29, 0.717) is 6.04 Å². The third kappa shape index (κ3) is 3.12. The van der Waals surface area contributed by atoms with Gasteiger partial charge >= 0.3 is 0 Å². The molecule has 98 valence electrons. The van der Waals surface area contributed by atoms with E-state index in [2.05, 4.69) is 38.2 Å². The molecule has 0 radical (unpaired) electrons. The summed E-state index contributed by atoms with van der Waals surface area (Å²) in [7, 11) is 0. The van der Waals surface area contributed by atoms with Crippen LogP contribution in [0.3, 0.4) is 0 Å². The van der Waals surface area contributed by atoms with Crippen molar-refractivity contribution in [2.24, 2.45) is 5.41 Å². The van der Waals surface area contributed by atoms with Gasteiger partial charge in [-0.15, -0.1) is 0 Å². The van der Waals surface area contributed by atoms with Crippen LogP contribution in [0.4, 0.5) is 0 Å². The summed E-state index contributed by atoms with van der Waals surface area (Å²) >= 11 is 0. The standard InChI is InChI=1S/C16H23NO/c1-11-5-6-12-7-8-13(10-16(2,3)4)17-15(18)14(12)9-11/h5-6,9,13H,7-8,10H2,1-4H3,(H,17,18). The normalized spacial score (nSPS) is 20.0. The lowest BCUT2D eigenvalue weighted by molar-refractivity contribution is 0.0929. The number of benzene rings is 1. The number of fused-ring (bicyclic) bond motifs is 1. The Balaban J connectivity index is 2.19. The maximum atomic E-state index is 12.2. The average Bonchev–Trinajstić information content (AvgIpc) is 2.37. The second-order valence-electron chi connectivity index (χ2n) is 6.63. The number of hydrogen-bond acceptors (Lipinski definition) is 1. The zero-order valence-corrected chi connectivity index (χ0v) is 11.8. The number of carbonyl (C=O) groups excluding carboxylic acids is 1. The lowest BCUT2D eigenvalue weighted by Gasteiger charge is -2.25. The average molecular weight is 245 g/mol. The van der Waals surface area contributed by atoms with E-state index in [0.717, 1.165) is 30.4 Å². The van der Waals surface area contributed by atoms with Crippen LogP contribution in [-0.4, -0.2) is 11.9 Å². The van der Waals surface area contributed by atoms with Gasteiger partial charge in [-0.05, 0) is 43.2 Å². The Labute approximate surface area is 110 Å². The van der Waals surface area contributed by atoms with Crippen LogP contribution in [-0.2, 0) is 6.42 Å². The molecule has 1 atom stereocenters. The quantitative estimate of drug-likeness (QED) is 0.806. The third-order valence-corrected chi connectivity index (χ3v) is 3.47. The first kappa shape index (κ1) is 13.1. The second kappa shape index (κ2) is 4.75. The zero-order valence-electron chi connectivity index (χ0n) is 11.8. The van der Waals surface area contributed by atoms with E-state index in [1.807, 2.05) is 13.0 Å². The van der Waals surface area contributed by atoms with Gasteiger partial charge in [0.25, 0.3) is 5.91 Å². The molecule has 0 bridgehead atoms. The van der Waals surface area contributed by atoms with E-state index in [1.165, 1.54) is 5.56 Å². The molecular formula is C16H23NO. The lowest BCUT2D eigenvalue weighted by Crippen LogP contribution is -2.36. The molecule has 0 aliphatic carbocycles. The topological polar surface area (TPSA) is 29.1 Å². The van der Waals surface area contributed by atoms with Crippen LogP contribution < -0.4 is 5.32 Å². The highest BCUT2D eigenvalue weighted by molar-refractivity contribution is 5.96. The highest BCUT2D eigenvalue weighted by Gasteiger charge is 2.25. The minimum Gasteiger partial charge on any atom is -0.349 e. The predicted octanol–water partition coefficient (Wildman–Crippen LogP) is 3.48. The molecule has 1 unspecified atom stereocenters. The molecule has 1 aromatic carbocycles. The van der Waals surface area contributed by atoms with Crippen molar-refractivity contribution in [2.75, 3.05) is 0 Å². The molecule has 1 amide bonds. The first-order chi connectivity index (χ1) is 8.35. The van der Waals surface area contributed by atoms with Crippen molar-refractivity contribution < 1.29 is 4.79 Å². The third-order valence-electron chi connectivity index (χ3n) is 3.47. The highest BCUT2D eigenvalue weighted by atomic mass is 16.1. The van der Waals surface area contributed by atoms with E-state index in [9.17, 15) is 4.79 Å². The van der Waals surface area contributed by atoms with E-state index < -0.39 is 0 Å².